The van der Waals surface area contributed by atoms with E-state index >= 15 is 0 Å². The summed E-state index contributed by atoms with van der Waals surface area (Å²) < 4.78 is 15.7. The molecule has 0 aliphatic carbocycles. The number of aryl methyl sites for hydroxylation is 1. The van der Waals surface area contributed by atoms with E-state index in [0.29, 0.717) is 34.3 Å². The SMILES string of the molecule is COC(=O)c1ccc(NC(=O)Cc2nc(-c3ccccc3OC)oc2C)cc1. The molecule has 0 fully saturated rings. The summed E-state index contributed by atoms with van der Waals surface area (Å²) in [5.41, 5.74) is 2.25. The second-order valence-electron chi connectivity index (χ2n) is 6.02. The second-order valence-corrected chi connectivity index (χ2v) is 6.02. The van der Waals surface area contributed by atoms with Crippen molar-refractivity contribution >= 4 is 17.6 Å². The molecule has 0 aliphatic rings. The van der Waals surface area contributed by atoms with E-state index < -0.39 is 5.97 Å². The lowest BCUT2D eigenvalue weighted by atomic mass is 10.2. The van der Waals surface area contributed by atoms with Gasteiger partial charge in [-0.15, -0.1) is 0 Å². The highest BCUT2D eigenvalue weighted by atomic mass is 16.5. The van der Waals surface area contributed by atoms with Crippen LogP contribution in [0.5, 0.6) is 5.75 Å². The van der Waals surface area contributed by atoms with E-state index in [0.717, 1.165) is 5.56 Å². The quantitative estimate of drug-likeness (QED) is 0.657. The van der Waals surface area contributed by atoms with Gasteiger partial charge >= 0.3 is 5.97 Å². The number of rotatable bonds is 6. The van der Waals surface area contributed by atoms with Gasteiger partial charge in [-0.1, -0.05) is 12.1 Å². The molecule has 144 valence electrons. The number of benzene rings is 2. The van der Waals surface area contributed by atoms with Crippen LogP contribution in [0.3, 0.4) is 0 Å². The Bertz CT molecular complexity index is 992. The number of esters is 1. The normalized spacial score (nSPS) is 10.4. The zero-order valence-corrected chi connectivity index (χ0v) is 15.8. The number of methoxy groups -OCH3 is 2. The van der Waals surface area contributed by atoms with Crippen molar-refractivity contribution in [2.45, 2.75) is 13.3 Å². The van der Waals surface area contributed by atoms with Crippen molar-refractivity contribution in [1.82, 2.24) is 4.98 Å². The number of ether oxygens (including phenoxy) is 2. The summed E-state index contributed by atoms with van der Waals surface area (Å²) in [4.78, 5) is 28.3. The summed E-state index contributed by atoms with van der Waals surface area (Å²) in [7, 11) is 2.89. The van der Waals surface area contributed by atoms with E-state index in [1.165, 1.54) is 7.11 Å². The number of nitrogens with one attached hydrogen (secondary N) is 1. The number of hydrogen-bond acceptors (Lipinski definition) is 6. The molecule has 1 heterocycles. The number of oxazole rings is 1. The number of para-hydroxylation sites is 1. The molecule has 0 spiro atoms. The molecule has 7 heteroatoms. The Labute approximate surface area is 162 Å². The number of carbonyl (C=O) groups excluding carboxylic acids is 2. The van der Waals surface area contributed by atoms with E-state index in [9.17, 15) is 9.59 Å². The number of amides is 1. The van der Waals surface area contributed by atoms with Crippen LogP contribution in [0.2, 0.25) is 0 Å². The van der Waals surface area contributed by atoms with E-state index in [2.05, 4.69) is 15.0 Å². The Balaban J connectivity index is 1.71. The molecule has 3 aromatic rings. The van der Waals surface area contributed by atoms with Crippen LogP contribution in [0.1, 0.15) is 21.8 Å². The van der Waals surface area contributed by atoms with Gasteiger partial charge in [0, 0.05) is 5.69 Å². The van der Waals surface area contributed by atoms with E-state index in [-0.39, 0.29) is 12.3 Å². The average Bonchev–Trinajstić information content (AvgIpc) is 3.07. The molecule has 0 saturated heterocycles. The van der Waals surface area contributed by atoms with Gasteiger partial charge < -0.3 is 19.2 Å². The Kier molecular flexibility index (Phi) is 5.74. The number of hydrogen-bond donors (Lipinski definition) is 1. The topological polar surface area (TPSA) is 90.7 Å². The first-order chi connectivity index (χ1) is 13.5. The third-order valence-electron chi connectivity index (χ3n) is 4.15. The van der Waals surface area contributed by atoms with Crippen LogP contribution in [0.4, 0.5) is 5.69 Å². The lowest BCUT2D eigenvalue weighted by Gasteiger charge is -2.05. The first-order valence-electron chi connectivity index (χ1n) is 8.59. The molecule has 1 amide bonds. The summed E-state index contributed by atoms with van der Waals surface area (Å²) in [6, 6.07) is 13.8. The third kappa shape index (κ3) is 4.20. The summed E-state index contributed by atoms with van der Waals surface area (Å²) in [6.07, 6.45) is 0.0588. The third-order valence-corrected chi connectivity index (χ3v) is 4.15. The minimum atomic E-state index is -0.431. The molecule has 3 rings (SSSR count). The minimum absolute atomic E-state index is 0.0588. The van der Waals surface area contributed by atoms with Gasteiger partial charge in [-0.05, 0) is 43.3 Å². The fourth-order valence-electron chi connectivity index (χ4n) is 2.69. The maximum atomic E-state index is 12.4. The molecule has 0 bridgehead atoms. The van der Waals surface area contributed by atoms with Crippen LogP contribution in [0, 0.1) is 6.92 Å². The first kappa shape index (κ1) is 19.2. The summed E-state index contributed by atoms with van der Waals surface area (Å²) in [5.74, 6) is 0.941. The molecular formula is C21H20N2O5. The fraction of sp³-hybridized carbons (Fsp3) is 0.190. The molecule has 0 unspecified atom stereocenters. The lowest BCUT2D eigenvalue weighted by molar-refractivity contribution is -0.115. The molecule has 0 atom stereocenters. The van der Waals surface area contributed by atoms with Crippen LogP contribution >= 0.6 is 0 Å². The monoisotopic (exact) mass is 380 g/mol. The fourth-order valence-corrected chi connectivity index (χ4v) is 2.69. The van der Waals surface area contributed by atoms with Crippen molar-refractivity contribution < 1.29 is 23.5 Å². The maximum absolute atomic E-state index is 12.4. The number of anilines is 1. The van der Waals surface area contributed by atoms with E-state index in [1.54, 1.807) is 38.3 Å². The van der Waals surface area contributed by atoms with Gasteiger partial charge in [0.25, 0.3) is 0 Å². The number of aromatic nitrogens is 1. The first-order valence-corrected chi connectivity index (χ1v) is 8.59. The Morgan fingerprint density at radius 3 is 2.46 bits per heavy atom. The van der Waals surface area contributed by atoms with Crippen LogP contribution in [0.15, 0.2) is 52.9 Å². The lowest BCUT2D eigenvalue weighted by Crippen LogP contribution is -2.15. The average molecular weight is 380 g/mol. The maximum Gasteiger partial charge on any atom is 0.337 e. The van der Waals surface area contributed by atoms with Gasteiger partial charge in [-0.2, -0.15) is 0 Å². The van der Waals surface area contributed by atoms with Gasteiger partial charge in [-0.3, -0.25) is 4.79 Å². The molecule has 2 aromatic carbocycles. The predicted octanol–water partition coefficient (Wildman–Crippen LogP) is 3.63. The molecule has 0 saturated carbocycles. The molecule has 1 N–H and O–H groups in total. The van der Waals surface area contributed by atoms with Crippen LogP contribution in [-0.2, 0) is 16.0 Å². The standard InChI is InChI=1S/C21H20N2O5/c1-13-17(23-20(28-13)16-6-4-5-7-18(16)26-2)12-19(24)22-15-10-8-14(9-11-15)21(25)27-3/h4-11H,12H2,1-3H3,(H,22,24). The predicted molar refractivity (Wildman–Crippen MR) is 103 cm³/mol. The van der Waals surface area contributed by atoms with Crippen molar-refractivity contribution in [3.8, 4) is 17.2 Å². The van der Waals surface area contributed by atoms with Crippen LogP contribution in [0.25, 0.3) is 11.5 Å². The molecule has 0 aliphatic heterocycles. The largest absolute Gasteiger partial charge is 0.496 e. The summed E-state index contributed by atoms with van der Waals surface area (Å²) in [5, 5.41) is 2.78. The Morgan fingerprint density at radius 2 is 1.79 bits per heavy atom. The molecular weight excluding hydrogens is 360 g/mol. The van der Waals surface area contributed by atoms with Crippen molar-refractivity contribution in [3.63, 3.8) is 0 Å². The highest BCUT2D eigenvalue weighted by molar-refractivity contribution is 5.94. The highest BCUT2D eigenvalue weighted by Gasteiger charge is 2.17. The van der Waals surface area contributed by atoms with Gasteiger partial charge in [0.15, 0.2) is 0 Å². The zero-order valence-electron chi connectivity index (χ0n) is 15.8. The minimum Gasteiger partial charge on any atom is -0.496 e. The summed E-state index contributed by atoms with van der Waals surface area (Å²) in [6.45, 7) is 1.76. The zero-order chi connectivity index (χ0) is 20.1. The molecule has 28 heavy (non-hydrogen) atoms. The van der Waals surface area contributed by atoms with Crippen molar-refractivity contribution in [2.75, 3.05) is 19.5 Å². The molecule has 7 nitrogen and oxygen atoms in total. The van der Waals surface area contributed by atoms with Crippen LogP contribution < -0.4 is 10.1 Å². The Morgan fingerprint density at radius 1 is 1.07 bits per heavy atom. The van der Waals surface area contributed by atoms with E-state index in [4.69, 9.17) is 9.15 Å². The van der Waals surface area contributed by atoms with Gasteiger partial charge in [0.1, 0.15) is 11.5 Å². The highest BCUT2D eigenvalue weighted by Crippen LogP contribution is 2.30. The van der Waals surface area contributed by atoms with Crippen molar-refractivity contribution in [2.24, 2.45) is 0 Å². The van der Waals surface area contributed by atoms with Gasteiger partial charge in [-0.25, -0.2) is 9.78 Å². The molecule has 1 aromatic heterocycles. The molecule has 0 radical (unpaired) electrons. The van der Waals surface area contributed by atoms with Crippen LogP contribution in [-0.4, -0.2) is 31.1 Å². The van der Waals surface area contributed by atoms with E-state index in [1.807, 2.05) is 24.3 Å². The Hall–Kier alpha value is -3.61. The van der Waals surface area contributed by atoms with Crippen molar-refractivity contribution in [1.29, 1.82) is 0 Å². The van der Waals surface area contributed by atoms with Crippen molar-refractivity contribution in [3.05, 3.63) is 65.5 Å². The van der Waals surface area contributed by atoms with Gasteiger partial charge in [0.2, 0.25) is 11.8 Å². The summed E-state index contributed by atoms with van der Waals surface area (Å²) >= 11 is 0. The second kappa shape index (κ2) is 8.39. The van der Waals surface area contributed by atoms with Gasteiger partial charge in [0.05, 0.1) is 37.5 Å². The number of carbonyl (C=O) groups is 2. The smallest absolute Gasteiger partial charge is 0.337 e. The number of nitrogens with zero attached hydrogens (tertiary/aromatic N) is 1.